The number of aryl methyl sites for hydroxylation is 1. The van der Waals surface area contributed by atoms with Gasteiger partial charge in [-0.15, -0.1) is 0 Å². The third-order valence-electron chi connectivity index (χ3n) is 7.36. The fourth-order valence-electron chi connectivity index (χ4n) is 5.38. The molecule has 4 heterocycles. The number of anilines is 2. The lowest BCUT2D eigenvalue weighted by molar-refractivity contribution is -0.253. The molecule has 0 spiro atoms. The molecular weight excluding hydrogens is 433 g/mol. The molecule has 1 N–H and O–H groups in total. The van der Waals surface area contributed by atoms with Crippen LogP contribution in [-0.2, 0) is 11.8 Å². The molecule has 1 amide bonds. The highest BCUT2D eigenvalue weighted by molar-refractivity contribution is 5.80. The SMILES string of the molecule is Cn1cc(Nc2nccc(C3=CC4CCC(C3)N4C(=O)CCC3(C(F)(F)F)CCC3)n2)cn1. The summed E-state index contributed by atoms with van der Waals surface area (Å²) in [5.74, 6) is 0.306. The van der Waals surface area contributed by atoms with E-state index in [-0.39, 0.29) is 43.7 Å². The van der Waals surface area contributed by atoms with Gasteiger partial charge in [-0.3, -0.25) is 9.48 Å². The van der Waals surface area contributed by atoms with E-state index < -0.39 is 11.6 Å². The molecule has 1 aliphatic carbocycles. The number of amides is 1. The first-order valence-electron chi connectivity index (χ1n) is 11.4. The maximum Gasteiger partial charge on any atom is 0.394 e. The number of nitrogens with zero attached hydrogens (tertiary/aromatic N) is 5. The number of alkyl halides is 3. The second-order valence-corrected chi connectivity index (χ2v) is 9.42. The summed E-state index contributed by atoms with van der Waals surface area (Å²) >= 11 is 0. The molecule has 176 valence electrons. The van der Waals surface area contributed by atoms with Gasteiger partial charge < -0.3 is 10.2 Å². The van der Waals surface area contributed by atoms with E-state index in [4.69, 9.17) is 0 Å². The molecule has 2 unspecified atom stereocenters. The van der Waals surface area contributed by atoms with Gasteiger partial charge in [0.15, 0.2) is 0 Å². The number of aromatic nitrogens is 4. The van der Waals surface area contributed by atoms with Gasteiger partial charge in [0.25, 0.3) is 0 Å². The molecule has 2 aromatic heterocycles. The molecule has 2 aliphatic heterocycles. The molecule has 0 aromatic carbocycles. The van der Waals surface area contributed by atoms with Crippen molar-refractivity contribution in [1.82, 2.24) is 24.6 Å². The molecule has 2 aromatic rings. The predicted molar refractivity (Wildman–Crippen MR) is 116 cm³/mol. The summed E-state index contributed by atoms with van der Waals surface area (Å²) in [5, 5.41) is 7.25. The largest absolute Gasteiger partial charge is 0.394 e. The zero-order valence-electron chi connectivity index (χ0n) is 18.5. The maximum atomic E-state index is 13.5. The molecule has 3 aliphatic rings. The van der Waals surface area contributed by atoms with Gasteiger partial charge in [0, 0.05) is 31.9 Å². The Balaban J connectivity index is 1.27. The Morgan fingerprint density at radius 3 is 2.76 bits per heavy atom. The molecule has 0 radical (unpaired) electrons. The van der Waals surface area contributed by atoms with Gasteiger partial charge in [0.2, 0.25) is 11.9 Å². The number of hydrogen-bond acceptors (Lipinski definition) is 5. The van der Waals surface area contributed by atoms with Gasteiger partial charge in [-0.25, -0.2) is 9.97 Å². The molecule has 2 bridgehead atoms. The van der Waals surface area contributed by atoms with Crippen LogP contribution in [0.2, 0.25) is 0 Å². The smallest absolute Gasteiger partial charge is 0.333 e. The van der Waals surface area contributed by atoms with Crippen molar-refractivity contribution in [3.05, 3.63) is 36.4 Å². The Morgan fingerprint density at radius 1 is 1.30 bits per heavy atom. The Hall–Kier alpha value is -2.91. The second kappa shape index (κ2) is 8.14. The third-order valence-corrected chi connectivity index (χ3v) is 7.36. The van der Waals surface area contributed by atoms with E-state index >= 15 is 0 Å². The van der Waals surface area contributed by atoms with E-state index in [0.29, 0.717) is 18.8 Å². The number of halogens is 3. The summed E-state index contributed by atoms with van der Waals surface area (Å²) in [4.78, 5) is 23.7. The highest BCUT2D eigenvalue weighted by Crippen LogP contribution is 2.56. The second-order valence-electron chi connectivity index (χ2n) is 9.42. The van der Waals surface area contributed by atoms with E-state index in [1.54, 1.807) is 17.1 Å². The molecule has 10 heteroatoms. The molecule has 2 fully saturated rings. The number of nitrogens with one attached hydrogen (secondary N) is 1. The molecular formula is C23H27F3N6O. The number of rotatable bonds is 6. The molecule has 2 atom stereocenters. The summed E-state index contributed by atoms with van der Waals surface area (Å²) in [5.41, 5.74) is 0.976. The number of carbonyl (C=O) groups excluding carboxylic acids is 1. The van der Waals surface area contributed by atoms with Crippen molar-refractivity contribution < 1.29 is 18.0 Å². The number of fused-ring (bicyclic) bond motifs is 2. The minimum atomic E-state index is -4.23. The average Bonchev–Trinajstić information content (AvgIpc) is 3.25. The van der Waals surface area contributed by atoms with Gasteiger partial charge >= 0.3 is 6.18 Å². The van der Waals surface area contributed by atoms with E-state index in [0.717, 1.165) is 29.8 Å². The third kappa shape index (κ3) is 4.11. The number of hydrogen-bond donors (Lipinski definition) is 1. The monoisotopic (exact) mass is 460 g/mol. The summed E-state index contributed by atoms with van der Waals surface area (Å²) in [6.45, 7) is 0. The van der Waals surface area contributed by atoms with E-state index in [1.807, 2.05) is 24.2 Å². The quantitative estimate of drug-likeness (QED) is 0.681. The molecule has 1 saturated heterocycles. The van der Waals surface area contributed by atoms with Gasteiger partial charge in [0.05, 0.1) is 29.0 Å². The van der Waals surface area contributed by atoms with E-state index in [9.17, 15) is 18.0 Å². The zero-order chi connectivity index (χ0) is 23.2. The van der Waals surface area contributed by atoms with E-state index in [2.05, 4.69) is 26.5 Å². The van der Waals surface area contributed by atoms with Crippen molar-refractivity contribution >= 4 is 23.1 Å². The summed E-state index contributed by atoms with van der Waals surface area (Å²) in [6, 6.07) is 1.77. The minimum absolute atomic E-state index is 0.00965. The Labute approximate surface area is 190 Å². The molecule has 5 rings (SSSR count). The lowest BCUT2D eigenvalue weighted by atomic mass is 9.65. The Morgan fingerprint density at radius 2 is 2.12 bits per heavy atom. The van der Waals surface area contributed by atoms with Crippen LogP contribution in [0.1, 0.15) is 57.1 Å². The van der Waals surface area contributed by atoms with Crippen LogP contribution in [0, 0.1) is 5.41 Å². The highest BCUT2D eigenvalue weighted by Gasteiger charge is 2.57. The van der Waals surface area contributed by atoms with Crippen molar-refractivity contribution in [3.8, 4) is 0 Å². The number of carbonyl (C=O) groups is 1. The summed E-state index contributed by atoms with van der Waals surface area (Å²) < 4.78 is 42.1. The van der Waals surface area contributed by atoms with Gasteiger partial charge in [-0.05, 0) is 50.2 Å². The Kier molecular flexibility index (Phi) is 5.41. The van der Waals surface area contributed by atoms with Crippen molar-refractivity contribution in [3.63, 3.8) is 0 Å². The van der Waals surface area contributed by atoms with Gasteiger partial charge in [-0.2, -0.15) is 18.3 Å². The fourth-order valence-corrected chi connectivity index (χ4v) is 5.38. The van der Waals surface area contributed by atoms with Crippen LogP contribution in [0.5, 0.6) is 0 Å². The van der Waals surface area contributed by atoms with E-state index in [1.165, 1.54) is 0 Å². The first-order valence-corrected chi connectivity index (χ1v) is 11.4. The van der Waals surface area contributed by atoms with Crippen molar-refractivity contribution in [1.29, 1.82) is 0 Å². The van der Waals surface area contributed by atoms with Gasteiger partial charge in [0.1, 0.15) is 0 Å². The summed E-state index contributed by atoms with van der Waals surface area (Å²) in [7, 11) is 1.83. The minimum Gasteiger partial charge on any atom is -0.333 e. The van der Waals surface area contributed by atoms with Crippen LogP contribution in [0.15, 0.2) is 30.7 Å². The first kappa shape index (κ1) is 21.9. The fraction of sp³-hybridized carbons (Fsp3) is 0.565. The summed E-state index contributed by atoms with van der Waals surface area (Å²) in [6.07, 6.45) is 6.10. The molecule has 7 nitrogen and oxygen atoms in total. The maximum absolute atomic E-state index is 13.5. The lowest BCUT2D eigenvalue weighted by Crippen LogP contribution is -2.47. The van der Waals surface area contributed by atoms with Crippen LogP contribution in [0.3, 0.4) is 0 Å². The standard InChI is InChI=1S/C23H27F3N6O/c1-31-14-16(13-28-31)29-21-27-10-6-19(30-21)15-11-17-3-4-18(12-15)32(17)20(33)5-9-22(7-2-8-22)23(24,25)26/h6,10-11,13-14,17-18H,2-5,7-9,12H2,1H3,(H,27,29,30). The van der Waals surface area contributed by atoms with Crippen LogP contribution in [0.4, 0.5) is 24.8 Å². The van der Waals surface area contributed by atoms with Crippen LogP contribution < -0.4 is 5.32 Å². The van der Waals surface area contributed by atoms with Crippen LogP contribution in [-0.4, -0.2) is 48.8 Å². The highest BCUT2D eigenvalue weighted by atomic mass is 19.4. The van der Waals surface area contributed by atoms with Crippen molar-refractivity contribution in [2.75, 3.05) is 5.32 Å². The normalized spacial score (nSPS) is 23.8. The topological polar surface area (TPSA) is 75.9 Å². The zero-order valence-corrected chi connectivity index (χ0v) is 18.5. The average molecular weight is 461 g/mol. The molecule has 1 saturated carbocycles. The van der Waals surface area contributed by atoms with Crippen LogP contribution >= 0.6 is 0 Å². The molecule has 33 heavy (non-hydrogen) atoms. The first-order chi connectivity index (χ1) is 15.7. The Bertz CT molecular complexity index is 1070. The predicted octanol–water partition coefficient (Wildman–Crippen LogP) is 4.61. The van der Waals surface area contributed by atoms with Crippen molar-refractivity contribution in [2.45, 2.75) is 69.6 Å². The van der Waals surface area contributed by atoms with Gasteiger partial charge in [-0.1, -0.05) is 12.5 Å². The lowest BCUT2D eigenvalue weighted by Gasteiger charge is -2.43. The van der Waals surface area contributed by atoms with Crippen molar-refractivity contribution in [2.24, 2.45) is 12.5 Å². The van der Waals surface area contributed by atoms with Crippen LogP contribution in [0.25, 0.3) is 5.57 Å².